The SMILES string of the molecule is COCCNC(=O)c1nc(C(=O)Nc2ccccc2C)n2c1CCCC2. The Balaban J connectivity index is 1.86. The van der Waals surface area contributed by atoms with Gasteiger partial charge in [0, 0.05) is 25.9 Å². The Morgan fingerprint density at radius 1 is 1.23 bits per heavy atom. The highest BCUT2D eigenvalue weighted by Gasteiger charge is 2.27. The molecule has 7 nitrogen and oxygen atoms in total. The van der Waals surface area contributed by atoms with Crippen molar-refractivity contribution >= 4 is 17.5 Å². The summed E-state index contributed by atoms with van der Waals surface area (Å²) in [5.41, 5.74) is 2.90. The molecule has 2 heterocycles. The molecule has 1 aromatic heterocycles. The number of imidazole rings is 1. The molecule has 0 spiro atoms. The molecule has 138 valence electrons. The number of fused-ring (bicyclic) bond motifs is 1. The molecule has 1 aromatic carbocycles. The number of ether oxygens (including phenoxy) is 1. The van der Waals surface area contributed by atoms with Gasteiger partial charge in [-0.1, -0.05) is 18.2 Å². The smallest absolute Gasteiger partial charge is 0.291 e. The topological polar surface area (TPSA) is 85.2 Å². The molecule has 1 aliphatic rings. The average Bonchev–Trinajstić information content (AvgIpc) is 3.04. The number of nitrogens with one attached hydrogen (secondary N) is 2. The number of carbonyl (C=O) groups excluding carboxylic acids is 2. The number of amides is 2. The summed E-state index contributed by atoms with van der Waals surface area (Å²) < 4.78 is 6.83. The van der Waals surface area contributed by atoms with Crippen LogP contribution in [0.3, 0.4) is 0 Å². The van der Waals surface area contributed by atoms with Gasteiger partial charge in [0.25, 0.3) is 11.8 Å². The van der Waals surface area contributed by atoms with Crippen molar-refractivity contribution in [2.45, 2.75) is 32.7 Å². The molecule has 2 amide bonds. The molecule has 0 unspecified atom stereocenters. The van der Waals surface area contributed by atoms with Gasteiger partial charge in [0.05, 0.1) is 12.3 Å². The Kier molecular flexibility index (Phi) is 5.68. The van der Waals surface area contributed by atoms with Gasteiger partial charge >= 0.3 is 0 Å². The van der Waals surface area contributed by atoms with E-state index in [4.69, 9.17) is 4.74 Å². The Labute approximate surface area is 152 Å². The highest BCUT2D eigenvalue weighted by molar-refractivity contribution is 6.04. The minimum Gasteiger partial charge on any atom is -0.383 e. The van der Waals surface area contributed by atoms with E-state index in [9.17, 15) is 9.59 Å². The molecular formula is C19H24N4O3. The van der Waals surface area contributed by atoms with Crippen molar-refractivity contribution in [2.24, 2.45) is 0 Å². The summed E-state index contributed by atoms with van der Waals surface area (Å²) in [5, 5.41) is 5.70. The molecule has 0 saturated heterocycles. The molecule has 0 fully saturated rings. The Morgan fingerprint density at radius 2 is 2.04 bits per heavy atom. The van der Waals surface area contributed by atoms with E-state index in [1.807, 2.05) is 35.8 Å². The minimum atomic E-state index is -0.293. The summed E-state index contributed by atoms with van der Waals surface area (Å²) in [4.78, 5) is 29.6. The van der Waals surface area contributed by atoms with Crippen LogP contribution in [-0.4, -0.2) is 41.6 Å². The van der Waals surface area contributed by atoms with Crippen LogP contribution in [0.15, 0.2) is 24.3 Å². The molecule has 0 saturated carbocycles. The van der Waals surface area contributed by atoms with Gasteiger partial charge < -0.3 is 19.9 Å². The highest BCUT2D eigenvalue weighted by Crippen LogP contribution is 2.22. The van der Waals surface area contributed by atoms with Crippen LogP contribution in [0.5, 0.6) is 0 Å². The van der Waals surface area contributed by atoms with Gasteiger partial charge in [0.2, 0.25) is 0 Å². The summed E-state index contributed by atoms with van der Waals surface area (Å²) in [7, 11) is 1.58. The van der Waals surface area contributed by atoms with E-state index in [1.54, 1.807) is 7.11 Å². The average molecular weight is 356 g/mol. The lowest BCUT2D eigenvalue weighted by Gasteiger charge is -2.17. The Hall–Kier alpha value is -2.67. The first-order chi connectivity index (χ1) is 12.6. The molecule has 7 heteroatoms. The van der Waals surface area contributed by atoms with Crippen molar-refractivity contribution in [1.29, 1.82) is 0 Å². The summed E-state index contributed by atoms with van der Waals surface area (Å²) in [6.07, 6.45) is 2.71. The van der Waals surface area contributed by atoms with E-state index >= 15 is 0 Å². The number of nitrogens with zero attached hydrogens (tertiary/aromatic N) is 2. The maximum atomic E-state index is 12.8. The van der Waals surface area contributed by atoms with Crippen LogP contribution in [-0.2, 0) is 17.7 Å². The van der Waals surface area contributed by atoms with E-state index < -0.39 is 0 Å². The molecule has 0 aliphatic carbocycles. The lowest BCUT2D eigenvalue weighted by molar-refractivity contribution is 0.0931. The standard InChI is InChI=1S/C19H24N4O3/c1-13-7-3-4-8-14(13)21-19(25)17-22-16(18(24)20-10-12-26-2)15-9-5-6-11-23(15)17/h3-4,7-8H,5-6,9-12H2,1-2H3,(H,20,24)(H,21,25). The lowest BCUT2D eigenvalue weighted by atomic mass is 10.1. The fourth-order valence-electron chi connectivity index (χ4n) is 3.14. The number of rotatable bonds is 6. The highest BCUT2D eigenvalue weighted by atomic mass is 16.5. The quantitative estimate of drug-likeness (QED) is 0.777. The van der Waals surface area contributed by atoms with Crippen molar-refractivity contribution in [3.63, 3.8) is 0 Å². The molecule has 26 heavy (non-hydrogen) atoms. The van der Waals surface area contributed by atoms with Gasteiger partial charge in [-0.05, 0) is 37.8 Å². The molecule has 3 rings (SSSR count). The van der Waals surface area contributed by atoms with Crippen LogP contribution in [0.25, 0.3) is 0 Å². The zero-order valence-corrected chi connectivity index (χ0v) is 15.2. The Morgan fingerprint density at radius 3 is 2.81 bits per heavy atom. The van der Waals surface area contributed by atoms with Gasteiger partial charge in [-0.15, -0.1) is 0 Å². The first-order valence-electron chi connectivity index (χ1n) is 8.85. The number of aryl methyl sites for hydroxylation is 1. The minimum absolute atomic E-state index is 0.261. The molecule has 2 aromatic rings. The summed E-state index contributed by atoms with van der Waals surface area (Å²) in [6.45, 7) is 3.48. The number of anilines is 1. The van der Waals surface area contributed by atoms with E-state index in [1.165, 1.54) is 0 Å². The Bertz CT molecular complexity index is 813. The maximum absolute atomic E-state index is 12.8. The predicted octanol–water partition coefficient (Wildman–Crippen LogP) is 2.16. The molecule has 2 N–H and O–H groups in total. The second-order valence-electron chi connectivity index (χ2n) is 6.36. The largest absolute Gasteiger partial charge is 0.383 e. The molecule has 0 bridgehead atoms. The van der Waals surface area contributed by atoms with Crippen LogP contribution in [0.2, 0.25) is 0 Å². The third kappa shape index (κ3) is 3.77. The zero-order valence-electron chi connectivity index (χ0n) is 15.2. The van der Waals surface area contributed by atoms with Gasteiger partial charge in [-0.2, -0.15) is 0 Å². The van der Waals surface area contributed by atoms with E-state index in [-0.39, 0.29) is 11.8 Å². The third-order valence-electron chi connectivity index (χ3n) is 4.52. The third-order valence-corrected chi connectivity index (χ3v) is 4.52. The molecule has 0 atom stereocenters. The second kappa shape index (κ2) is 8.14. The van der Waals surface area contributed by atoms with Crippen LogP contribution < -0.4 is 10.6 Å². The fraction of sp³-hybridized carbons (Fsp3) is 0.421. The van der Waals surface area contributed by atoms with Gasteiger partial charge in [0.15, 0.2) is 5.82 Å². The first-order valence-corrected chi connectivity index (χ1v) is 8.85. The van der Waals surface area contributed by atoms with Gasteiger partial charge in [0.1, 0.15) is 5.69 Å². The van der Waals surface area contributed by atoms with Gasteiger partial charge in [-0.25, -0.2) is 4.98 Å². The van der Waals surface area contributed by atoms with Crippen molar-refractivity contribution in [3.8, 4) is 0 Å². The van der Waals surface area contributed by atoms with Crippen LogP contribution >= 0.6 is 0 Å². The molecule has 1 aliphatic heterocycles. The second-order valence-corrected chi connectivity index (χ2v) is 6.36. The van der Waals surface area contributed by atoms with E-state index in [0.717, 1.165) is 36.2 Å². The van der Waals surface area contributed by atoms with Crippen LogP contribution in [0, 0.1) is 6.92 Å². The molecular weight excluding hydrogens is 332 g/mol. The number of para-hydroxylation sites is 1. The van der Waals surface area contributed by atoms with Gasteiger partial charge in [-0.3, -0.25) is 9.59 Å². The summed E-state index contributed by atoms with van der Waals surface area (Å²) >= 11 is 0. The summed E-state index contributed by atoms with van der Waals surface area (Å²) in [6, 6.07) is 7.58. The zero-order chi connectivity index (χ0) is 18.5. The number of methoxy groups -OCH3 is 1. The number of carbonyl (C=O) groups is 2. The monoisotopic (exact) mass is 356 g/mol. The number of aromatic nitrogens is 2. The van der Waals surface area contributed by atoms with Crippen molar-refractivity contribution in [2.75, 3.05) is 25.6 Å². The number of hydrogen-bond donors (Lipinski definition) is 2. The number of hydrogen-bond acceptors (Lipinski definition) is 4. The normalized spacial score (nSPS) is 13.2. The van der Waals surface area contributed by atoms with Crippen molar-refractivity contribution in [1.82, 2.24) is 14.9 Å². The van der Waals surface area contributed by atoms with E-state index in [2.05, 4.69) is 15.6 Å². The predicted molar refractivity (Wildman–Crippen MR) is 98.5 cm³/mol. The van der Waals surface area contributed by atoms with Crippen LogP contribution in [0.1, 0.15) is 45.2 Å². The lowest BCUT2D eigenvalue weighted by Crippen LogP contribution is -2.28. The number of benzene rings is 1. The maximum Gasteiger partial charge on any atom is 0.291 e. The first kappa shape index (κ1) is 18.1. The molecule has 0 radical (unpaired) electrons. The van der Waals surface area contributed by atoms with E-state index in [0.29, 0.717) is 31.2 Å². The fourth-order valence-corrected chi connectivity index (χ4v) is 3.14. The van der Waals surface area contributed by atoms with Crippen LogP contribution in [0.4, 0.5) is 5.69 Å². The van der Waals surface area contributed by atoms with Crippen molar-refractivity contribution in [3.05, 3.63) is 47.0 Å². The summed E-state index contributed by atoms with van der Waals surface area (Å²) in [5.74, 6) is -0.263. The van der Waals surface area contributed by atoms with Crippen molar-refractivity contribution < 1.29 is 14.3 Å².